The maximum Gasteiger partial charge on any atom is 0.348 e. The summed E-state index contributed by atoms with van der Waals surface area (Å²) in [5.74, 6) is 0.598. The van der Waals surface area contributed by atoms with Gasteiger partial charge in [-0.15, -0.1) is 0 Å². The van der Waals surface area contributed by atoms with E-state index in [1.54, 1.807) is 24.3 Å². The molecule has 0 fully saturated rings. The molecule has 1 aromatic carbocycles. The minimum Gasteiger partial charge on any atom is -0.491 e. The molecule has 0 aliphatic heterocycles. The maximum atomic E-state index is 11.4. The van der Waals surface area contributed by atoms with Crippen LogP contribution in [0.1, 0.15) is 0 Å². The summed E-state index contributed by atoms with van der Waals surface area (Å²) < 4.78 is 11.4. The van der Waals surface area contributed by atoms with Crippen molar-refractivity contribution in [1.29, 1.82) is 0 Å². The van der Waals surface area contributed by atoms with Crippen molar-refractivity contribution >= 4 is 0 Å². The molecule has 0 amide bonds. The highest BCUT2D eigenvalue weighted by Crippen LogP contribution is 2.13. The van der Waals surface area contributed by atoms with E-state index in [1.807, 2.05) is 0 Å². The number of aliphatic hydroxyl groups excluding tert-OH is 1. The molecule has 0 radical (unpaired) electrons. The molecule has 0 unspecified atom stereocenters. The van der Waals surface area contributed by atoms with Gasteiger partial charge in [0.2, 0.25) is 0 Å². The lowest BCUT2D eigenvalue weighted by Crippen LogP contribution is -2.24. The minimum atomic E-state index is -0.527. The number of hydrogen-bond donors (Lipinski definition) is 3. The molecular weight excluding hydrogens is 266 g/mol. The topological polar surface area (TPSA) is 109 Å². The van der Waals surface area contributed by atoms with Crippen LogP contribution in [-0.4, -0.2) is 46.3 Å². The van der Waals surface area contributed by atoms with Crippen LogP contribution in [0.3, 0.4) is 0 Å². The van der Waals surface area contributed by atoms with E-state index in [2.05, 4.69) is 10.2 Å². The van der Waals surface area contributed by atoms with E-state index in [9.17, 15) is 9.59 Å². The van der Waals surface area contributed by atoms with Gasteiger partial charge >= 0.3 is 11.4 Å². The quantitative estimate of drug-likeness (QED) is 0.578. The van der Waals surface area contributed by atoms with Gasteiger partial charge in [0.1, 0.15) is 12.4 Å². The molecule has 108 valence electrons. The van der Waals surface area contributed by atoms with Crippen LogP contribution < -0.4 is 16.1 Å². The second-order valence-electron chi connectivity index (χ2n) is 3.87. The van der Waals surface area contributed by atoms with E-state index in [0.29, 0.717) is 24.7 Å². The Balaban J connectivity index is 1.97. The molecule has 2 aromatic rings. The number of nitrogens with zero attached hydrogens (tertiary/aromatic N) is 1. The van der Waals surface area contributed by atoms with Crippen LogP contribution in [0.2, 0.25) is 0 Å². The van der Waals surface area contributed by atoms with Gasteiger partial charge in [0, 0.05) is 0 Å². The third-order valence-corrected chi connectivity index (χ3v) is 2.51. The molecule has 0 aliphatic carbocycles. The van der Waals surface area contributed by atoms with Gasteiger partial charge in [-0.2, -0.15) is 0 Å². The van der Waals surface area contributed by atoms with Crippen molar-refractivity contribution in [3.63, 3.8) is 0 Å². The molecule has 3 N–H and O–H groups in total. The monoisotopic (exact) mass is 281 g/mol. The summed E-state index contributed by atoms with van der Waals surface area (Å²) in [6.45, 7) is 0.986. The number of benzene rings is 1. The smallest absolute Gasteiger partial charge is 0.348 e. The number of aromatic amines is 2. The summed E-state index contributed by atoms with van der Waals surface area (Å²) in [7, 11) is 0. The fraction of sp³-hybridized carbons (Fsp3) is 0.333. The molecule has 0 bridgehead atoms. The highest BCUT2D eigenvalue weighted by Gasteiger charge is 2.05. The SMILES string of the molecule is O=c1[nH][nH]c(=O)n1-c1ccc(OCCOCCO)cc1. The molecule has 0 spiro atoms. The number of H-pyrrole nitrogens is 2. The Morgan fingerprint density at radius 3 is 2.25 bits per heavy atom. The second-order valence-corrected chi connectivity index (χ2v) is 3.87. The Hall–Kier alpha value is -2.32. The van der Waals surface area contributed by atoms with Crippen molar-refractivity contribution in [1.82, 2.24) is 14.8 Å². The molecule has 0 atom stereocenters. The minimum absolute atomic E-state index is 0.0192. The van der Waals surface area contributed by atoms with E-state index in [1.165, 1.54) is 0 Å². The fourth-order valence-electron chi connectivity index (χ4n) is 1.62. The summed E-state index contributed by atoms with van der Waals surface area (Å²) in [5.41, 5.74) is -0.608. The zero-order valence-corrected chi connectivity index (χ0v) is 10.7. The van der Waals surface area contributed by atoms with Gasteiger partial charge < -0.3 is 14.6 Å². The molecule has 1 aromatic heterocycles. The van der Waals surface area contributed by atoms with Crippen LogP contribution in [0.25, 0.3) is 5.69 Å². The molecule has 8 heteroatoms. The fourth-order valence-corrected chi connectivity index (χ4v) is 1.62. The van der Waals surface area contributed by atoms with Crippen LogP contribution >= 0.6 is 0 Å². The van der Waals surface area contributed by atoms with Crippen LogP contribution in [0.15, 0.2) is 33.9 Å². The molecule has 0 saturated carbocycles. The zero-order valence-electron chi connectivity index (χ0n) is 10.7. The first-order chi connectivity index (χ1) is 9.72. The largest absolute Gasteiger partial charge is 0.491 e. The maximum absolute atomic E-state index is 11.4. The van der Waals surface area contributed by atoms with Crippen molar-refractivity contribution in [3.05, 3.63) is 45.2 Å². The van der Waals surface area contributed by atoms with Crippen LogP contribution in [0, 0.1) is 0 Å². The van der Waals surface area contributed by atoms with Gasteiger partial charge in [0.05, 0.1) is 25.5 Å². The Bertz CT molecular complexity index is 613. The predicted octanol–water partition coefficient (Wildman–Crippen LogP) is -0.758. The molecular formula is C12H15N3O5. The van der Waals surface area contributed by atoms with Gasteiger partial charge in [0.25, 0.3) is 0 Å². The lowest BCUT2D eigenvalue weighted by Gasteiger charge is -2.07. The van der Waals surface area contributed by atoms with Crippen molar-refractivity contribution in [2.75, 3.05) is 26.4 Å². The molecule has 2 rings (SSSR count). The summed E-state index contributed by atoms with van der Waals surface area (Å²) in [6.07, 6.45) is 0. The summed E-state index contributed by atoms with van der Waals surface area (Å²) in [6, 6.07) is 6.52. The normalized spacial score (nSPS) is 10.7. The summed E-state index contributed by atoms with van der Waals surface area (Å²) >= 11 is 0. The predicted molar refractivity (Wildman–Crippen MR) is 70.4 cm³/mol. The first kappa shape index (κ1) is 14.1. The Morgan fingerprint density at radius 1 is 1.00 bits per heavy atom. The van der Waals surface area contributed by atoms with E-state index >= 15 is 0 Å². The molecule has 1 heterocycles. The van der Waals surface area contributed by atoms with Gasteiger partial charge in [-0.3, -0.25) is 0 Å². The number of aromatic nitrogens is 3. The molecule has 0 saturated heterocycles. The average Bonchev–Trinajstić information content (AvgIpc) is 2.79. The van der Waals surface area contributed by atoms with Crippen molar-refractivity contribution < 1.29 is 14.6 Å². The van der Waals surface area contributed by atoms with E-state index in [-0.39, 0.29) is 13.2 Å². The highest BCUT2D eigenvalue weighted by atomic mass is 16.5. The van der Waals surface area contributed by atoms with Crippen LogP contribution in [-0.2, 0) is 4.74 Å². The second kappa shape index (κ2) is 6.73. The lowest BCUT2D eigenvalue weighted by molar-refractivity contribution is 0.0705. The Morgan fingerprint density at radius 2 is 1.65 bits per heavy atom. The highest BCUT2D eigenvalue weighted by molar-refractivity contribution is 5.36. The number of ether oxygens (including phenoxy) is 2. The first-order valence-electron chi connectivity index (χ1n) is 6.04. The number of nitrogens with one attached hydrogen (secondary N) is 2. The molecule has 0 aliphatic rings. The van der Waals surface area contributed by atoms with Crippen molar-refractivity contribution in [2.24, 2.45) is 0 Å². The van der Waals surface area contributed by atoms with Gasteiger partial charge in [-0.1, -0.05) is 0 Å². The molecule has 8 nitrogen and oxygen atoms in total. The van der Waals surface area contributed by atoms with Crippen molar-refractivity contribution in [3.8, 4) is 11.4 Å². The summed E-state index contributed by atoms with van der Waals surface area (Å²) in [4.78, 5) is 22.8. The number of rotatable bonds is 7. The number of aliphatic hydroxyl groups is 1. The van der Waals surface area contributed by atoms with E-state index in [0.717, 1.165) is 4.57 Å². The van der Waals surface area contributed by atoms with Gasteiger partial charge in [-0.05, 0) is 24.3 Å². The third kappa shape index (κ3) is 3.37. The standard InChI is InChI=1S/C12H15N3O5/c16-5-6-19-7-8-20-10-3-1-9(2-4-10)15-11(17)13-14-12(15)18/h1-4,16H,5-8H2,(H,13,17)(H,14,18). The van der Waals surface area contributed by atoms with Crippen LogP contribution in [0.5, 0.6) is 5.75 Å². The average molecular weight is 281 g/mol. The van der Waals surface area contributed by atoms with E-state index < -0.39 is 11.4 Å². The van der Waals surface area contributed by atoms with E-state index in [4.69, 9.17) is 14.6 Å². The summed E-state index contributed by atoms with van der Waals surface area (Å²) in [5, 5.41) is 12.9. The first-order valence-corrected chi connectivity index (χ1v) is 6.04. The van der Waals surface area contributed by atoms with Gasteiger partial charge in [0.15, 0.2) is 0 Å². The number of hydrogen-bond acceptors (Lipinski definition) is 5. The third-order valence-electron chi connectivity index (χ3n) is 2.51. The lowest BCUT2D eigenvalue weighted by atomic mass is 10.3. The Kier molecular flexibility index (Phi) is 4.75. The van der Waals surface area contributed by atoms with Crippen LogP contribution in [0.4, 0.5) is 0 Å². The molecule has 20 heavy (non-hydrogen) atoms. The zero-order chi connectivity index (χ0) is 14.4. The van der Waals surface area contributed by atoms with Crippen molar-refractivity contribution in [2.45, 2.75) is 0 Å². The van der Waals surface area contributed by atoms with Gasteiger partial charge in [-0.25, -0.2) is 24.4 Å². The Labute approximate surface area is 113 Å².